The lowest BCUT2D eigenvalue weighted by Crippen LogP contribution is -2.51. The molecule has 3 fully saturated rings. The third-order valence-electron chi connectivity index (χ3n) is 8.94. The van der Waals surface area contributed by atoms with Crippen molar-refractivity contribution in [1.82, 2.24) is 4.98 Å². The summed E-state index contributed by atoms with van der Waals surface area (Å²) in [6.45, 7) is 5.60. The van der Waals surface area contributed by atoms with Crippen LogP contribution in [0.5, 0.6) is 0 Å². The summed E-state index contributed by atoms with van der Waals surface area (Å²) in [6, 6.07) is 4.29. The zero-order chi connectivity index (χ0) is 18.6. The highest BCUT2D eigenvalue weighted by Gasteiger charge is 2.58. The molecule has 1 aromatic heterocycles. The minimum atomic E-state index is 0.0317. The molecule has 0 bridgehead atoms. The van der Waals surface area contributed by atoms with Crippen molar-refractivity contribution in [2.24, 2.45) is 34.5 Å². The Kier molecular flexibility index (Phi) is 4.00. The Hall–Kier alpha value is -1.64. The number of ether oxygens (including phenoxy) is 1. The molecule has 0 radical (unpaired) electrons. The molecule has 1 aromatic rings. The molecule has 144 valence electrons. The van der Waals surface area contributed by atoms with Crippen LogP contribution in [0.15, 0.2) is 30.6 Å². The summed E-state index contributed by atoms with van der Waals surface area (Å²) < 4.78 is 5.46. The average molecular weight is 366 g/mol. The summed E-state index contributed by atoms with van der Waals surface area (Å²) in [5.41, 5.74) is 3.40. The third kappa shape index (κ3) is 2.53. The number of cyclic esters (lactones) is 1. The fraction of sp³-hybridized carbons (Fsp3) is 0.667. The first-order valence-electron chi connectivity index (χ1n) is 10.8. The molecule has 1 aliphatic heterocycles. The van der Waals surface area contributed by atoms with E-state index in [0.29, 0.717) is 18.9 Å². The summed E-state index contributed by atoms with van der Waals surface area (Å²) in [5.74, 6) is 2.81. The number of allylic oxidation sites excluding steroid dienone is 2. The van der Waals surface area contributed by atoms with Crippen molar-refractivity contribution in [1.29, 1.82) is 0 Å². The maximum Gasteiger partial charge on any atom is 0.306 e. The van der Waals surface area contributed by atoms with Crippen LogP contribution in [0.1, 0.15) is 64.4 Å². The van der Waals surface area contributed by atoms with Crippen LogP contribution in [0.4, 0.5) is 0 Å². The van der Waals surface area contributed by atoms with Gasteiger partial charge in [0.1, 0.15) is 0 Å². The number of carbonyl (C=O) groups is 1. The largest absolute Gasteiger partial charge is 0.466 e. The number of nitrogens with zero attached hydrogens (tertiary/aromatic N) is 1. The molecule has 0 spiro atoms. The van der Waals surface area contributed by atoms with Gasteiger partial charge in [0.15, 0.2) is 0 Å². The Morgan fingerprint density at radius 3 is 2.85 bits per heavy atom. The van der Waals surface area contributed by atoms with Gasteiger partial charge in [-0.1, -0.05) is 26.0 Å². The quantitative estimate of drug-likeness (QED) is 0.636. The van der Waals surface area contributed by atoms with Crippen LogP contribution < -0.4 is 0 Å². The number of carbonyl (C=O) groups excluding carboxylic acids is 1. The first kappa shape index (κ1) is 17.5. The highest BCUT2D eigenvalue weighted by atomic mass is 16.5. The van der Waals surface area contributed by atoms with Crippen LogP contribution in [0.25, 0.3) is 5.57 Å². The highest BCUT2D eigenvalue weighted by molar-refractivity contribution is 5.72. The molecule has 6 atom stereocenters. The van der Waals surface area contributed by atoms with E-state index in [1.807, 2.05) is 12.4 Å². The van der Waals surface area contributed by atoms with Crippen molar-refractivity contribution in [3.63, 3.8) is 0 Å². The summed E-state index contributed by atoms with van der Waals surface area (Å²) >= 11 is 0. The van der Waals surface area contributed by atoms with Gasteiger partial charge in [-0.15, -0.1) is 0 Å². The molecule has 27 heavy (non-hydrogen) atoms. The van der Waals surface area contributed by atoms with Gasteiger partial charge < -0.3 is 4.74 Å². The molecule has 0 amide bonds. The van der Waals surface area contributed by atoms with Gasteiger partial charge in [-0.3, -0.25) is 9.78 Å². The maximum atomic E-state index is 12.0. The predicted molar refractivity (Wildman–Crippen MR) is 106 cm³/mol. The number of rotatable bonds is 1. The fourth-order valence-electron chi connectivity index (χ4n) is 7.44. The molecule has 2 heterocycles. The van der Waals surface area contributed by atoms with Crippen molar-refractivity contribution in [3.05, 3.63) is 36.2 Å². The Balaban J connectivity index is 1.45. The van der Waals surface area contributed by atoms with Gasteiger partial charge in [0.25, 0.3) is 0 Å². The van der Waals surface area contributed by atoms with Gasteiger partial charge in [-0.2, -0.15) is 0 Å². The molecule has 1 unspecified atom stereocenters. The molecule has 5 rings (SSSR count). The minimum Gasteiger partial charge on any atom is -0.466 e. The monoisotopic (exact) mass is 365 g/mol. The standard InChI is InChI=1S/C24H31NO2/c1-23-11-13-27-22(26)14-17(23)5-6-18-20-8-7-19(16-4-3-12-25-15-16)24(20,2)10-9-21(18)23/h3-4,7,12,15,17-18,20-21H,5-6,8-11,13-14H2,1-2H3/t17-,18-,20-,21-,23?,24+/m0/s1. The number of esters is 1. The summed E-state index contributed by atoms with van der Waals surface area (Å²) in [6.07, 6.45) is 14.3. The van der Waals surface area contributed by atoms with Crippen LogP contribution in [-0.2, 0) is 9.53 Å². The van der Waals surface area contributed by atoms with E-state index >= 15 is 0 Å². The van der Waals surface area contributed by atoms with Gasteiger partial charge in [-0.25, -0.2) is 0 Å². The Morgan fingerprint density at radius 2 is 2.04 bits per heavy atom. The van der Waals surface area contributed by atoms with E-state index in [4.69, 9.17) is 4.74 Å². The van der Waals surface area contributed by atoms with E-state index in [2.05, 4.69) is 37.0 Å². The van der Waals surface area contributed by atoms with Gasteiger partial charge >= 0.3 is 5.97 Å². The number of fused-ring (bicyclic) bond motifs is 5. The first-order valence-corrected chi connectivity index (χ1v) is 10.8. The smallest absolute Gasteiger partial charge is 0.306 e. The molecule has 1 saturated heterocycles. The number of pyridine rings is 1. The maximum absolute atomic E-state index is 12.0. The molecule has 3 heteroatoms. The third-order valence-corrected chi connectivity index (χ3v) is 8.94. The lowest BCUT2D eigenvalue weighted by molar-refractivity contribution is -0.143. The molecular weight excluding hydrogens is 334 g/mol. The van der Waals surface area contributed by atoms with E-state index in [1.165, 1.54) is 43.2 Å². The molecule has 2 saturated carbocycles. The lowest BCUT2D eigenvalue weighted by atomic mass is 9.46. The number of aromatic nitrogens is 1. The zero-order valence-electron chi connectivity index (χ0n) is 16.6. The molecule has 0 N–H and O–H groups in total. The van der Waals surface area contributed by atoms with Crippen LogP contribution in [0, 0.1) is 34.5 Å². The molecule has 4 aliphatic rings. The van der Waals surface area contributed by atoms with E-state index in [0.717, 1.165) is 24.2 Å². The normalized spacial score (nSPS) is 43.6. The second-order valence-corrected chi connectivity index (χ2v) is 9.88. The number of hydrogen-bond acceptors (Lipinski definition) is 3. The summed E-state index contributed by atoms with van der Waals surface area (Å²) in [7, 11) is 0. The van der Waals surface area contributed by atoms with Crippen LogP contribution in [0.2, 0.25) is 0 Å². The van der Waals surface area contributed by atoms with Crippen LogP contribution in [0.3, 0.4) is 0 Å². The Morgan fingerprint density at radius 1 is 1.15 bits per heavy atom. The molecule has 0 aromatic carbocycles. The summed E-state index contributed by atoms with van der Waals surface area (Å²) in [5, 5.41) is 0. The minimum absolute atomic E-state index is 0.0317. The van der Waals surface area contributed by atoms with Gasteiger partial charge in [0.2, 0.25) is 0 Å². The SMILES string of the molecule is CC12CCOC(=O)C[C@@H]1CC[C@@H]1[C@@H]2CC[C@]2(C)C(c3cccnc3)=CC[C@@H]12. The van der Waals surface area contributed by atoms with Crippen molar-refractivity contribution in [3.8, 4) is 0 Å². The Bertz CT molecular complexity index is 772. The average Bonchev–Trinajstić information content (AvgIpc) is 2.93. The van der Waals surface area contributed by atoms with E-state index in [-0.39, 0.29) is 16.8 Å². The highest BCUT2D eigenvalue weighted by Crippen LogP contribution is 2.66. The molecule has 3 aliphatic carbocycles. The topological polar surface area (TPSA) is 39.2 Å². The van der Waals surface area contributed by atoms with Crippen molar-refractivity contribution in [2.45, 2.75) is 58.8 Å². The summed E-state index contributed by atoms with van der Waals surface area (Å²) in [4.78, 5) is 16.4. The zero-order valence-corrected chi connectivity index (χ0v) is 16.6. The molecular formula is C24H31NO2. The van der Waals surface area contributed by atoms with Crippen molar-refractivity contribution in [2.75, 3.05) is 6.61 Å². The van der Waals surface area contributed by atoms with E-state index in [9.17, 15) is 4.79 Å². The van der Waals surface area contributed by atoms with Gasteiger partial charge in [-0.05, 0) is 90.2 Å². The second-order valence-electron chi connectivity index (χ2n) is 9.88. The first-order chi connectivity index (χ1) is 13.0. The van der Waals surface area contributed by atoms with Crippen molar-refractivity contribution >= 4 is 11.5 Å². The second kappa shape index (κ2) is 6.18. The van der Waals surface area contributed by atoms with Crippen LogP contribution >= 0.6 is 0 Å². The van der Waals surface area contributed by atoms with E-state index in [1.54, 1.807) is 0 Å². The molecule has 3 nitrogen and oxygen atoms in total. The van der Waals surface area contributed by atoms with E-state index < -0.39 is 0 Å². The van der Waals surface area contributed by atoms with Gasteiger partial charge in [0.05, 0.1) is 6.61 Å². The van der Waals surface area contributed by atoms with Crippen LogP contribution in [-0.4, -0.2) is 17.6 Å². The Labute approximate surface area is 162 Å². The van der Waals surface area contributed by atoms with Crippen molar-refractivity contribution < 1.29 is 9.53 Å². The fourth-order valence-corrected chi connectivity index (χ4v) is 7.44. The van der Waals surface area contributed by atoms with Gasteiger partial charge in [0, 0.05) is 18.8 Å². The lowest BCUT2D eigenvalue weighted by Gasteiger charge is -2.58. The number of hydrogen-bond donors (Lipinski definition) is 0. The predicted octanol–water partition coefficient (Wildman–Crippen LogP) is 5.27.